The maximum Gasteiger partial charge on any atom is 0.166 e. The van der Waals surface area contributed by atoms with E-state index in [1.54, 1.807) is 0 Å². The van der Waals surface area contributed by atoms with Crippen LogP contribution in [-0.4, -0.2) is 27.3 Å². The molecular weight excluding hydrogens is 266 g/mol. The van der Waals surface area contributed by atoms with Crippen LogP contribution in [-0.2, 0) is 0 Å². The number of hydrogen-bond acceptors (Lipinski definition) is 3. The summed E-state index contributed by atoms with van der Waals surface area (Å²) >= 11 is 1.83. The second-order valence-corrected chi connectivity index (χ2v) is 7.82. The fourth-order valence-electron chi connectivity index (χ4n) is 1.95. The highest BCUT2D eigenvalue weighted by Crippen LogP contribution is 2.27. The van der Waals surface area contributed by atoms with Gasteiger partial charge in [0.25, 0.3) is 0 Å². The zero-order valence-electron chi connectivity index (χ0n) is 13.0. The topological polar surface area (TPSA) is 40.7 Å². The van der Waals surface area contributed by atoms with Gasteiger partial charge in [0.15, 0.2) is 5.16 Å². The van der Waals surface area contributed by atoms with Crippen LogP contribution in [0.4, 0.5) is 0 Å². The molecule has 1 aromatic heterocycles. The van der Waals surface area contributed by atoms with Crippen LogP contribution >= 0.6 is 11.8 Å². The van der Waals surface area contributed by atoms with Crippen molar-refractivity contribution in [1.82, 2.24) is 15.3 Å². The van der Waals surface area contributed by atoms with Crippen LogP contribution < -0.4 is 5.32 Å². The van der Waals surface area contributed by atoms with Gasteiger partial charge in [-0.05, 0) is 38.8 Å². The summed E-state index contributed by atoms with van der Waals surface area (Å²) in [5.74, 6) is 0.600. The van der Waals surface area contributed by atoms with Gasteiger partial charge >= 0.3 is 0 Å². The molecule has 2 rings (SSSR count). The lowest BCUT2D eigenvalue weighted by Gasteiger charge is -2.26. The molecule has 0 radical (unpaired) electrons. The van der Waals surface area contributed by atoms with E-state index in [1.807, 2.05) is 30.0 Å². The minimum atomic E-state index is 0.154. The van der Waals surface area contributed by atoms with Crippen molar-refractivity contribution in [2.45, 2.75) is 50.6 Å². The van der Waals surface area contributed by atoms with Crippen molar-refractivity contribution in [3.05, 3.63) is 24.3 Å². The SMILES string of the molecule is CC(C)C(CNC(C)(C)C)Sc1nc2ccccc2[nH]1. The Morgan fingerprint density at radius 1 is 1.25 bits per heavy atom. The number of imidazole rings is 1. The largest absolute Gasteiger partial charge is 0.333 e. The van der Waals surface area contributed by atoms with Crippen molar-refractivity contribution in [2.75, 3.05) is 6.54 Å². The first kappa shape index (κ1) is 15.4. The van der Waals surface area contributed by atoms with E-state index in [0.29, 0.717) is 11.2 Å². The molecule has 1 heterocycles. The number of nitrogens with zero attached hydrogens (tertiary/aromatic N) is 1. The zero-order valence-corrected chi connectivity index (χ0v) is 13.8. The molecule has 110 valence electrons. The number of hydrogen-bond donors (Lipinski definition) is 2. The molecule has 0 saturated heterocycles. The normalized spacial score (nSPS) is 14.1. The molecule has 0 spiro atoms. The molecule has 3 nitrogen and oxygen atoms in total. The smallest absolute Gasteiger partial charge is 0.166 e. The second-order valence-electron chi connectivity index (χ2n) is 6.59. The summed E-state index contributed by atoms with van der Waals surface area (Å²) in [7, 11) is 0. The molecule has 0 amide bonds. The molecular formula is C16H25N3S. The lowest BCUT2D eigenvalue weighted by Crippen LogP contribution is -2.41. The first-order valence-corrected chi connectivity index (χ1v) is 8.09. The predicted octanol–water partition coefficient (Wildman–Crippen LogP) is 4.07. The third kappa shape index (κ3) is 4.25. The minimum absolute atomic E-state index is 0.154. The minimum Gasteiger partial charge on any atom is -0.333 e. The third-order valence-electron chi connectivity index (χ3n) is 3.21. The number of para-hydroxylation sites is 2. The summed E-state index contributed by atoms with van der Waals surface area (Å²) in [6.45, 7) is 12.1. The van der Waals surface area contributed by atoms with Crippen molar-refractivity contribution in [2.24, 2.45) is 5.92 Å². The molecule has 4 heteroatoms. The van der Waals surface area contributed by atoms with E-state index < -0.39 is 0 Å². The van der Waals surface area contributed by atoms with Crippen LogP contribution in [0.3, 0.4) is 0 Å². The first-order chi connectivity index (χ1) is 9.35. The fraction of sp³-hybridized carbons (Fsp3) is 0.562. The fourth-order valence-corrected chi connectivity index (χ4v) is 2.99. The number of aromatic nitrogens is 2. The van der Waals surface area contributed by atoms with E-state index >= 15 is 0 Å². The highest BCUT2D eigenvalue weighted by Gasteiger charge is 2.19. The van der Waals surface area contributed by atoms with E-state index in [0.717, 1.165) is 22.7 Å². The summed E-state index contributed by atoms with van der Waals surface area (Å²) in [6.07, 6.45) is 0. The van der Waals surface area contributed by atoms with Gasteiger partial charge in [-0.2, -0.15) is 0 Å². The van der Waals surface area contributed by atoms with E-state index in [1.165, 1.54) is 0 Å². The van der Waals surface area contributed by atoms with E-state index in [9.17, 15) is 0 Å². The number of nitrogens with one attached hydrogen (secondary N) is 2. The molecule has 0 fully saturated rings. The number of benzene rings is 1. The molecule has 0 aliphatic rings. The third-order valence-corrected chi connectivity index (χ3v) is 4.64. The van der Waals surface area contributed by atoms with Crippen LogP contribution in [0.15, 0.2) is 29.4 Å². The van der Waals surface area contributed by atoms with Gasteiger partial charge in [-0.3, -0.25) is 0 Å². The molecule has 1 unspecified atom stereocenters. The van der Waals surface area contributed by atoms with Crippen LogP contribution in [0, 0.1) is 5.92 Å². The molecule has 0 bridgehead atoms. The van der Waals surface area contributed by atoms with Crippen molar-refractivity contribution < 1.29 is 0 Å². The van der Waals surface area contributed by atoms with Crippen molar-refractivity contribution in [3.8, 4) is 0 Å². The molecule has 0 saturated carbocycles. The van der Waals surface area contributed by atoms with Crippen molar-refractivity contribution >= 4 is 22.8 Å². The van der Waals surface area contributed by atoms with Crippen LogP contribution in [0.5, 0.6) is 0 Å². The molecule has 0 aliphatic heterocycles. The molecule has 0 aliphatic carbocycles. The highest BCUT2D eigenvalue weighted by molar-refractivity contribution is 7.99. The van der Waals surface area contributed by atoms with Gasteiger partial charge in [0.1, 0.15) is 0 Å². The van der Waals surface area contributed by atoms with Gasteiger partial charge in [-0.25, -0.2) is 4.98 Å². The van der Waals surface area contributed by atoms with E-state index in [-0.39, 0.29) is 5.54 Å². The Morgan fingerprint density at radius 2 is 1.95 bits per heavy atom. The predicted molar refractivity (Wildman–Crippen MR) is 88.3 cm³/mol. The number of fused-ring (bicyclic) bond motifs is 1. The van der Waals surface area contributed by atoms with Gasteiger partial charge in [-0.15, -0.1) is 0 Å². The average molecular weight is 291 g/mol. The Balaban J connectivity index is 2.07. The van der Waals surface area contributed by atoms with Gasteiger partial charge in [0, 0.05) is 17.3 Å². The number of rotatable bonds is 5. The molecule has 2 N–H and O–H groups in total. The maximum absolute atomic E-state index is 4.66. The van der Waals surface area contributed by atoms with Crippen molar-refractivity contribution in [1.29, 1.82) is 0 Å². The molecule has 1 aromatic carbocycles. The Hall–Kier alpha value is -1.00. The Morgan fingerprint density at radius 3 is 2.55 bits per heavy atom. The van der Waals surface area contributed by atoms with E-state index in [4.69, 9.17) is 0 Å². The summed E-state index contributed by atoms with van der Waals surface area (Å²) < 4.78 is 0. The Bertz CT molecular complexity index is 521. The summed E-state index contributed by atoms with van der Waals surface area (Å²) in [5, 5.41) is 5.12. The number of aromatic amines is 1. The quantitative estimate of drug-likeness (QED) is 0.816. The average Bonchev–Trinajstić information content (AvgIpc) is 2.75. The van der Waals surface area contributed by atoms with Gasteiger partial charge in [0.2, 0.25) is 0 Å². The summed E-state index contributed by atoms with van der Waals surface area (Å²) in [5.41, 5.74) is 2.31. The van der Waals surface area contributed by atoms with Gasteiger partial charge < -0.3 is 10.3 Å². The lowest BCUT2D eigenvalue weighted by molar-refractivity contribution is 0.407. The van der Waals surface area contributed by atoms with Gasteiger partial charge in [-0.1, -0.05) is 37.7 Å². The number of thioether (sulfide) groups is 1. The monoisotopic (exact) mass is 291 g/mol. The summed E-state index contributed by atoms with van der Waals surface area (Å²) in [6, 6.07) is 8.19. The van der Waals surface area contributed by atoms with Crippen LogP contribution in [0.25, 0.3) is 11.0 Å². The van der Waals surface area contributed by atoms with E-state index in [2.05, 4.69) is 56.0 Å². The molecule has 20 heavy (non-hydrogen) atoms. The van der Waals surface area contributed by atoms with Crippen LogP contribution in [0.1, 0.15) is 34.6 Å². The molecule has 2 aromatic rings. The number of H-pyrrole nitrogens is 1. The van der Waals surface area contributed by atoms with Gasteiger partial charge in [0.05, 0.1) is 11.0 Å². The standard InChI is InChI=1S/C16H25N3S/c1-11(2)14(10-17-16(3,4)5)20-15-18-12-8-6-7-9-13(12)19-15/h6-9,11,14,17H,10H2,1-5H3,(H,18,19). The first-order valence-electron chi connectivity index (χ1n) is 7.21. The second kappa shape index (κ2) is 6.19. The summed E-state index contributed by atoms with van der Waals surface area (Å²) in [4.78, 5) is 8.06. The molecule has 1 atom stereocenters. The van der Waals surface area contributed by atoms with Crippen LogP contribution in [0.2, 0.25) is 0 Å². The highest BCUT2D eigenvalue weighted by atomic mass is 32.2. The Labute approximate surface area is 125 Å². The maximum atomic E-state index is 4.66. The lowest BCUT2D eigenvalue weighted by atomic mass is 10.1. The van der Waals surface area contributed by atoms with Crippen molar-refractivity contribution in [3.63, 3.8) is 0 Å². The Kier molecular flexibility index (Phi) is 4.76. The zero-order chi connectivity index (χ0) is 14.8.